The van der Waals surface area contributed by atoms with Crippen molar-refractivity contribution in [1.29, 1.82) is 0 Å². The van der Waals surface area contributed by atoms with Crippen LogP contribution in [0.15, 0.2) is 36.5 Å². The van der Waals surface area contributed by atoms with Gasteiger partial charge >= 0.3 is 5.82 Å². The van der Waals surface area contributed by atoms with Crippen LogP contribution >= 0.6 is 0 Å². The minimum absolute atomic E-state index is 0.116. The van der Waals surface area contributed by atoms with E-state index in [1.165, 1.54) is 29.1 Å². The molecule has 1 amide bonds. The van der Waals surface area contributed by atoms with Crippen molar-refractivity contribution in [2.75, 3.05) is 0 Å². The van der Waals surface area contributed by atoms with E-state index in [4.69, 9.17) is 0 Å². The third-order valence-electron chi connectivity index (χ3n) is 2.52. The first-order valence-electron chi connectivity index (χ1n) is 5.73. The van der Waals surface area contributed by atoms with E-state index in [9.17, 15) is 19.3 Å². The number of nitrogens with zero attached hydrogens (tertiary/aromatic N) is 3. The quantitative estimate of drug-likeness (QED) is 0.658. The number of hydrogen-bond donors (Lipinski definition) is 1. The Hall–Kier alpha value is -2.77. The lowest BCUT2D eigenvalue weighted by molar-refractivity contribution is -0.389. The van der Waals surface area contributed by atoms with Gasteiger partial charge in [-0.15, -0.1) is 0 Å². The minimum atomic E-state index is -0.632. The maximum Gasteiger partial charge on any atom is 0.389 e. The number of benzene rings is 1. The molecule has 8 heteroatoms. The second-order valence-electron chi connectivity index (χ2n) is 4.03. The van der Waals surface area contributed by atoms with Gasteiger partial charge in [0.15, 0.2) is 0 Å². The van der Waals surface area contributed by atoms with Crippen molar-refractivity contribution in [2.24, 2.45) is 0 Å². The minimum Gasteiger partial charge on any atom is -0.358 e. The number of nitro groups is 1. The molecule has 0 saturated carbocycles. The fraction of sp³-hybridized carbons (Fsp3) is 0.167. The number of carbonyl (C=O) groups excluding carboxylic acids is 1. The molecule has 0 fully saturated rings. The van der Waals surface area contributed by atoms with Crippen molar-refractivity contribution < 1.29 is 14.1 Å². The SMILES string of the molecule is O=C(Cn1ccc([N+](=O)[O-])n1)NCc1ccc(F)cc1. The van der Waals surface area contributed by atoms with Crippen LogP contribution in [-0.2, 0) is 17.9 Å². The number of nitrogens with one attached hydrogen (secondary N) is 1. The average molecular weight is 278 g/mol. The van der Waals surface area contributed by atoms with Crippen LogP contribution in [0.1, 0.15) is 5.56 Å². The Kier molecular flexibility index (Phi) is 4.04. The van der Waals surface area contributed by atoms with Gasteiger partial charge in [0.25, 0.3) is 0 Å². The molecule has 0 aliphatic carbocycles. The fourth-order valence-electron chi connectivity index (χ4n) is 1.54. The summed E-state index contributed by atoms with van der Waals surface area (Å²) in [4.78, 5) is 21.4. The normalized spacial score (nSPS) is 10.2. The highest BCUT2D eigenvalue weighted by molar-refractivity contribution is 5.75. The van der Waals surface area contributed by atoms with E-state index in [1.807, 2.05) is 0 Å². The second-order valence-corrected chi connectivity index (χ2v) is 4.03. The molecule has 0 bridgehead atoms. The van der Waals surface area contributed by atoms with Crippen LogP contribution in [0.5, 0.6) is 0 Å². The van der Waals surface area contributed by atoms with Crippen molar-refractivity contribution in [2.45, 2.75) is 13.1 Å². The van der Waals surface area contributed by atoms with Gasteiger partial charge in [-0.25, -0.2) is 4.39 Å². The molecule has 1 N–H and O–H groups in total. The lowest BCUT2D eigenvalue weighted by atomic mass is 10.2. The van der Waals surface area contributed by atoms with Gasteiger partial charge in [0, 0.05) is 6.54 Å². The molecule has 1 heterocycles. The molecule has 20 heavy (non-hydrogen) atoms. The first kappa shape index (κ1) is 13.7. The number of amides is 1. The monoisotopic (exact) mass is 278 g/mol. The summed E-state index contributed by atoms with van der Waals surface area (Å²) in [7, 11) is 0. The van der Waals surface area contributed by atoms with Gasteiger partial charge in [0.1, 0.15) is 12.4 Å². The second kappa shape index (κ2) is 5.91. The molecular formula is C12H11FN4O3. The molecule has 1 aromatic carbocycles. The molecule has 2 rings (SSSR count). The summed E-state index contributed by atoms with van der Waals surface area (Å²) >= 11 is 0. The Morgan fingerprint density at radius 3 is 2.65 bits per heavy atom. The van der Waals surface area contributed by atoms with Gasteiger partial charge in [-0.1, -0.05) is 12.1 Å². The zero-order valence-corrected chi connectivity index (χ0v) is 10.3. The Bertz CT molecular complexity index is 624. The van der Waals surface area contributed by atoms with Crippen LogP contribution < -0.4 is 5.32 Å². The Morgan fingerprint density at radius 1 is 1.35 bits per heavy atom. The van der Waals surface area contributed by atoms with Crippen molar-refractivity contribution in [1.82, 2.24) is 15.1 Å². The Balaban J connectivity index is 1.85. The summed E-state index contributed by atoms with van der Waals surface area (Å²) < 4.78 is 13.9. The summed E-state index contributed by atoms with van der Waals surface area (Å²) in [5.41, 5.74) is 0.756. The van der Waals surface area contributed by atoms with Gasteiger partial charge in [-0.05, 0) is 22.6 Å². The molecule has 0 radical (unpaired) electrons. The van der Waals surface area contributed by atoms with E-state index < -0.39 is 4.92 Å². The standard InChI is InChI=1S/C12H11FN4O3/c13-10-3-1-9(2-4-10)7-14-12(18)8-16-6-5-11(15-16)17(19)20/h1-6H,7-8H2,(H,14,18). The Morgan fingerprint density at radius 2 is 2.05 bits per heavy atom. The Labute approximate surface area is 113 Å². The van der Waals surface area contributed by atoms with E-state index in [0.717, 1.165) is 5.56 Å². The molecule has 7 nitrogen and oxygen atoms in total. The lowest BCUT2D eigenvalue weighted by Gasteiger charge is -2.04. The maximum absolute atomic E-state index is 12.7. The average Bonchev–Trinajstić information content (AvgIpc) is 2.87. The number of halogens is 1. The fourth-order valence-corrected chi connectivity index (χ4v) is 1.54. The molecule has 0 spiro atoms. The van der Waals surface area contributed by atoms with E-state index >= 15 is 0 Å². The van der Waals surface area contributed by atoms with Crippen LogP contribution in [-0.4, -0.2) is 20.6 Å². The molecule has 1 aromatic heterocycles. The summed E-state index contributed by atoms with van der Waals surface area (Å²) in [5, 5.41) is 16.7. The highest BCUT2D eigenvalue weighted by Gasteiger charge is 2.13. The third-order valence-corrected chi connectivity index (χ3v) is 2.52. The zero-order chi connectivity index (χ0) is 14.5. The van der Waals surface area contributed by atoms with E-state index in [1.54, 1.807) is 12.1 Å². The molecular weight excluding hydrogens is 267 g/mol. The van der Waals surface area contributed by atoms with Crippen molar-refractivity contribution in [3.05, 3.63) is 58.0 Å². The summed E-state index contributed by atoms with van der Waals surface area (Å²) in [6.45, 7) is 0.136. The van der Waals surface area contributed by atoms with Crippen LogP contribution in [0.25, 0.3) is 0 Å². The van der Waals surface area contributed by atoms with Gasteiger partial charge < -0.3 is 15.4 Å². The number of hydrogen-bond acceptors (Lipinski definition) is 4. The van der Waals surface area contributed by atoms with Crippen molar-refractivity contribution in [3.63, 3.8) is 0 Å². The lowest BCUT2D eigenvalue weighted by Crippen LogP contribution is -2.27. The van der Waals surface area contributed by atoms with Crippen LogP contribution in [0.4, 0.5) is 10.2 Å². The first-order valence-corrected chi connectivity index (χ1v) is 5.73. The molecule has 0 saturated heterocycles. The van der Waals surface area contributed by atoms with Crippen molar-refractivity contribution in [3.8, 4) is 0 Å². The molecule has 0 unspecified atom stereocenters. The highest BCUT2D eigenvalue weighted by Crippen LogP contribution is 2.05. The molecule has 2 aromatic rings. The predicted molar refractivity (Wildman–Crippen MR) is 67.1 cm³/mol. The highest BCUT2D eigenvalue weighted by atomic mass is 19.1. The third kappa shape index (κ3) is 3.61. The van der Waals surface area contributed by atoms with Gasteiger partial charge in [0.05, 0.1) is 17.4 Å². The van der Waals surface area contributed by atoms with Gasteiger partial charge in [0.2, 0.25) is 5.91 Å². The van der Waals surface area contributed by atoms with Crippen LogP contribution in [0, 0.1) is 15.9 Å². The number of rotatable bonds is 5. The van der Waals surface area contributed by atoms with Crippen molar-refractivity contribution >= 4 is 11.7 Å². The van der Waals surface area contributed by atoms with E-state index in [0.29, 0.717) is 0 Å². The van der Waals surface area contributed by atoms with Crippen LogP contribution in [0.3, 0.4) is 0 Å². The number of carbonyl (C=O) groups is 1. The summed E-state index contributed by atoms with van der Waals surface area (Å²) in [6.07, 6.45) is 1.36. The largest absolute Gasteiger partial charge is 0.389 e. The number of aromatic nitrogens is 2. The van der Waals surface area contributed by atoms with E-state index in [2.05, 4.69) is 10.4 Å². The molecule has 104 valence electrons. The zero-order valence-electron chi connectivity index (χ0n) is 10.3. The maximum atomic E-state index is 12.7. The van der Waals surface area contributed by atoms with Gasteiger partial charge in [-0.2, -0.15) is 4.68 Å². The summed E-state index contributed by atoms with van der Waals surface area (Å²) in [6, 6.07) is 6.95. The molecule has 0 aliphatic rings. The van der Waals surface area contributed by atoms with Crippen LogP contribution in [0.2, 0.25) is 0 Å². The first-order chi connectivity index (χ1) is 9.54. The molecule has 0 aliphatic heterocycles. The molecule has 0 atom stereocenters. The summed E-state index contributed by atoms with van der Waals surface area (Å²) in [5.74, 6) is -0.993. The topological polar surface area (TPSA) is 90.1 Å². The van der Waals surface area contributed by atoms with Gasteiger partial charge in [-0.3, -0.25) is 4.79 Å². The van der Waals surface area contributed by atoms with E-state index in [-0.39, 0.29) is 30.6 Å². The smallest absolute Gasteiger partial charge is 0.358 e. The predicted octanol–water partition coefficient (Wildman–Crippen LogP) is 1.25.